The van der Waals surface area contributed by atoms with Gasteiger partial charge in [-0.1, -0.05) is 32.0 Å². The molecule has 0 N–H and O–H groups in total. The molecule has 5 heteroatoms. The summed E-state index contributed by atoms with van der Waals surface area (Å²) in [5.41, 5.74) is 2.31. The standard InChI is InChI=1S/C22H25NO3S/c1-15(2)27-19-6-3-16(4-7-19)11-22(24)23-10-9-18(13-23)17-5-8-20-21(12-17)26-14-25-20/h3-8,12,15,18H,9-11,13-14H2,1-2H3. The summed E-state index contributed by atoms with van der Waals surface area (Å²) in [6.45, 7) is 6.26. The van der Waals surface area contributed by atoms with E-state index < -0.39 is 0 Å². The lowest BCUT2D eigenvalue weighted by molar-refractivity contribution is -0.129. The summed E-state index contributed by atoms with van der Waals surface area (Å²) in [4.78, 5) is 16.0. The monoisotopic (exact) mass is 383 g/mol. The third-order valence-electron chi connectivity index (χ3n) is 5.06. The Morgan fingerprint density at radius 1 is 1.15 bits per heavy atom. The van der Waals surface area contributed by atoms with Gasteiger partial charge in [0.05, 0.1) is 6.42 Å². The number of nitrogens with zero attached hydrogens (tertiary/aromatic N) is 1. The first-order chi connectivity index (χ1) is 13.1. The quantitative estimate of drug-likeness (QED) is 0.714. The molecule has 0 spiro atoms. The second-order valence-electron chi connectivity index (χ2n) is 7.43. The van der Waals surface area contributed by atoms with Crippen molar-refractivity contribution in [3.63, 3.8) is 0 Å². The molecule has 1 unspecified atom stereocenters. The van der Waals surface area contributed by atoms with Gasteiger partial charge in [0.25, 0.3) is 0 Å². The Balaban J connectivity index is 1.35. The van der Waals surface area contributed by atoms with Crippen LogP contribution in [0.4, 0.5) is 0 Å². The van der Waals surface area contributed by atoms with Crippen LogP contribution in [0.1, 0.15) is 37.3 Å². The Labute approximate surface area is 164 Å². The van der Waals surface area contributed by atoms with Crippen molar-refractivity contribution in [2.45, 2.75) is 42.8 Å². The molecule has 0 aromatic heterocycles. The molecule has 2 aromatic rings. The topological polar surface area (TPSA) is 38.8 Å². The van der Waals surface area contributed by atoms with Crippen LogP contribution in [0.2, 0.25) is 0 Å². The minimum Gasteiger partial charge on any atom is -0.454 e. The minimum absolute atomic E-state index is 0.211. The van der Waals surface area contributed by atoms with E-state index >= 15 is 0 Å². The van der Waals surface area contributed by atoms with Crippen LogP contribution in [0.15, 0.2) is 47.4 Å². The molecular weight excluding hydrogens is 358 g/mol. The van der Waals surface area contributed by atoms with E-state index in [1.807, 2.05) is 22.7 Å². The maximum Gasteiger partial charge on any atom is 0.231 e. The van der Waals surface area contributed by atoms with Crippen LogP contribution in [-0.2, 0) is 11.2 Å². The van der Waals surface area contributed by atoms with Gasteiger partial charge in [-0.15, -0.1) is 11.8 Å². The number of ether oxygens (including phenoxy) is 2. The molecule has 0 radical (unpaired) electrons. The zero-order valence-electron chi connectivity index (χ0n) is 15.8. The van der Waals surface area contributed by atoms with Crippen LogP contribution >= 0.6 is 11.8 Å². The van der Waals surface area contributed by atoms with Crippen LogP contribution < -0.4 is 9.47 Å². The van der Waals surface area contributed by atoms with E-state index in [1.165, 1.54) is 10.5 Å². The summed E-state index contributed by atoms with van der Waals surface area (Å²) in [6, 6.07) is 14.5. The highest BCUT2D eigenvalue weighted by molar-refractivity contribution is 7.99. The van der Waals surface area contributed by atoms with Gasteiger partial charge in [-0.3, -0.25) is 4.79 Å². The second-order valence-corrected chi connectivity index (χ2v) is 9.08. The number of carbonyl (C=O) groups is 1. The first-order valence-electron chi connectivity index (χ1n) is 9.51. The van der Waals surface area contributed by atoms with Crippen molar-refractivity contribution in [1.82, 2.24) is 4.90 Å². The summed E-state index contributed by atoms with van der Waals surface area (Å²) >= 11 is 1.84. The van der Waals surface area contributed by atoms with E-state index in [1.54, 1.807) is 0 Å². The van der Waals surface area contributed by atoms with Gasteiger partial charge < -0.3 is 14.4 Å². The maximum absolute atomic E-state index is 12.7. The summed E-state index contributed by atoms with van der Waals surface area (Å²) < 4.78 is 10.9. The van der Waals surface area contributed by atoms with Crippen molar-refractivity contribution >= 4 is 17.7 Å². The first kappa shape index (κ1) is 18.2. The highest BCUT2D eigenvalue weighted by Gasteiger charge is 2.28. The highest BCUT2D eigenvalue weighted by Crippen LogP contribution is 2.37. The number of rotatable bonds is 5. The van der Waals surface area contributed by atoms with Gasteiger partial charge in [0.2, 0.25) is 12.7 Å². The number of carbonyl (C=O) groups excluding carboxylic acids is 1. The number of amides is 1. The van der Waals surface area contributed by atoms with Crippen LogP contribution in [-0.4, -0.2) is 35.9 Å². The molecule has 27 heavy (non-hydrogen) atoms. The van der Waals surface area contributed by atoms with Crippen LogP contribution in [0, 0.1) is 0 Å². The van der Waals surface area contributed by atoms with Crippen molar-refractivity contribution in [3.8, 4) is 11.5 Å². The molecule has 0 saturated carbocycles. The average Bonchev–Trinajstić information content (AvgIpc) is 3.31. The largest absolute Gasteiger partial charge is 0.454 e. The lowest BCUT2D eigenvalue weighted by atomic mass is 9.98. The lowest BCUT2D eigenvalue weighted by Gasteiger charge is -2.17. The summed E-state index contributed by atoms with van der Waals surface area (Å²) in [6.07, 6.45) is 1.47. The fourth-order valence-corrected chi connectivity index (χ4v) is 4.51. The highest BCUT2D eigenvalue weighted by atomic mass is 32.2. The Kier molecular flexibility index (Phi) is 5.30. The second kappa shape index (κ2) is 7.85. The molecule has 2 aromatic carbocycles. The minimum atomic E-state index is 0.211. The Hall–Kier alpha value is -2.14. The average molecular weight is 384 g/mol. The third kappa shape index (κ3) is 4.24. The van der Waals surface area contributed by atoms with Gasteiger partial charge in [-0.05, 0) is 41.8 Å². The summed E-state index contributed by atoms with van der Waals surface area (Å²) in [7, 11) is 0. The van der Waals surface area contributed by atoms with E-state index in [-0.39, 0.29) is 5.91 Å². The molecule has 1 saturated heterocycles. The van der Waals surface area contributed by atoms with E-state index in [0.29, 0.717) is 24.4 Å². The molecule has 0 bridgehead atoms. The lowest BCUT2D eigenvalue weighted by Crippen LogP contribution is -2.29. The molecule has 2 aliphatic rings. The van der Waals surface area contributed by atoms with E-state index in [9.17, 15) is 4.79 Å². The van der Waals surface area contributed by atoms with Crippen molar-refractivity contribution in [1.29, 1.82) is 0 Å². The molecule has 1 atom stereocenters. The Bertz CT molecular complexity index is 819. The van der Waals surface area contributed by atoms with Gasteiger partial charge in [-0.25, -0.2) is 0 Å². The van der Waals surface area contributed by atoms with Crippen LogP contribution in [0.25, 0.3) is 0 Å². The third-order valence-corrected chi connectivity index (χ3v) is 6.08. The predicted molar refractivity (Wildman–Crippen MR) is 108 cm³/mol. The number of hydrogen-bond acceptors (Lipinski definition) is 4. The van der Waals surface area contributed by atoms with E-state index in [0.717, 1.165) is 36.6 Å². The van der Waals surface area contributed by atoms with E-state index in [4.69, 9.17) is 9.47 Å². The van der Waals surface area contributed by atoms with Gasteiger partial charge in [-0.2, -0.15) is 0 Å². The summed E-state index contributed by atoms with van der Waals surface area (Å²) in [5, 5.41) is 0.565. The van der Waals surface area contributed by atoms with Gasteiger partial charge >= 0.3 is 0 Å². The number of thioether (sulfide) groups is 1. The molecule has 2 aliphatic heterocycles. The van der Waals surface area contributed by atoms with Gasteiger partial charge in [0, 0.05) is 29.2 Å². The zero-order valence-corrected chi connectivity index (χ0v) is 16.6. The van der Waals surface area contributed by atoms with Gasteiger partial charge in [0.1, 0.15) is 0 Å². The fraction of sp³-hybridized carbons (Fsp3) is 0.409. The number of fused-ring (bicyclic) bond motifs is 1. The Morgan fingerprint density at radius 3 is 2.70 bits per heavy atom. The number of likely N-dealkylation sites (tertiary alicyclic amines) is 1. The normalized spacial score (nSPS) is 18.3. The zero-order chi connectivity index (χ0) is 18.8. The molecule has 0 aliphatic carbocycles. The SMILES string of the molecule is CC(C)Sc1ccc(CC(=O)N2CCC(c3ccc4c(c3)OCO4)C2)cc1. The molecule has 4 rings (SSSR count). The number of benzene rings is 2. The van der Waals surface area contributed by atoms with Gasteiger partial charge in [0.15, 0.2) is 11.5 Å². The van der Waals surface area contributed by atoms with Crippen molar-refractivity contribution in [3.05, 3.63) is 53.6 Å². The molecule has 1 fully saturated rings. The van der Waals surface area contributed by atoms with Crippen molar-refractivity contribution in [2.75, 3.05) is 19.9 Å². The molecular formula is C22H25NO3S. The molecule has 2 heterocycles. The van der Waals surface area contributed by atoms with E-state index in [2.05, 4.69) is 50.2 Å². The number of hydrogen-bond donors (Lipinski definition) is 0. The predicted octanol–water partition coefficient (Wildman–Crippen LogP) is 4.47. The smallest absolute Gasteiger partial charge is 0.231 e. The molecule has 4 nitrogen and oxygen atoms in total. The molecule has 142 valence electrons. The Morgan fingerprint density at radius 2 is 1.93 bits per heavy atom. The fourth-order valence-electron chi connectivity index (χ4n) is 3.67. The first-order valence-corrected chi connectivity index (χ1v) is 10.4. The summed E-state index contributed by atoms with van der Waals surface area (Å²) in [5.74, 6) is 2.20. The van der Waals surface area contributed by atoms with Crippen LogP contribution in [0.3, 0.4) is 0 Å². The maximum atomic E-state index is 12.7. The molecule has 1 amide bonds. The van der Waals surface area contributed by atoms with Crippen molar-refractivity contribution < 1.29 is 14.3 Å². The van der Waals surface area contributed by atoms with Crippen LogP contribution in [0.5, 0.6) is 11.5 Å². The van der Waals surface area contributed by atoms with Crippen molar-refractivity contribution in [2.24, 2.45) is 0 Å².